The fraction of sp³-hybridized carbons (Fsp3) is 0.647. The molecule has 1 unspecified atom stereocenters. The molecule has 1 N–H and O–H groups in total. The first-order chi connectivity index (χ1) is 9.62. The van der Waals surface area contributed by atoms with Gasteiger partial charge in [-0.1, -0.05) is 19.9 Å². The van der Waals surface area contributed by atoms with Crippen LogP contribution in [0.5, 0.6) is 0 Å². The van der Waals surface area contributed by atoms with E-state index in [9.17, 15) is 0 Å². The molecule has 2 aliphatic heterocycles. The summed E-state index contributed by atoms with van der Waals surface area (Å²) in [6, 6.07) is 9.59. The first-order valence-electron chi connectivity index (χ1n) is 7.82. The van der Waals surface area contributed by atoms with Crippen molar-refractivity contribution in [2.45, 2.75) is 39.2 Å². The van der Waals surface area contributed by atoms with Crippen molar-refractivity contribution in [1.29, 1.82) is 0 Å². The van der Waals surface area contributed by atoms with Gasteiger partial charge >= 0.3 is 0 Å². The Bertz CT molecular complexity index is 452. The molecule has 1 atom stereocenters. The fourth-order valence-corrected chi connectivity index (χ4v) is 4.63. The molecule has 0 bridgehead atoms. The van der Waals surface area contributed by atoms with E-state index in [1.54, 1.807) is 0 Å². The molecule has 0 aromatic heterocycles. The second kappa shape index (κ2) is 5.88. The molecule has 2 fully saturated rings. The third-order valence-electron chi connectivity index (χ3n) is 4.30. The van der Waals surface area contributed by atoms with Crippen LogP contribution in [0.3, 0.4) is 0 Å². The summed E-state index contributed by atoms with van der Waals surface area (Å²) >= 11 is 2.09. The number of thioether (sulfide) groups is 1. The fourth-order valence-electron chi connectivity index (χ4n) is 3.36. The molecule has 3 heteroatoms. The Kier molecular flexibility index (Phi) is 4.16. The summed E-state index contributed by atoms with van der Waals surface area (Å²) in [7, 11) is 0. The van der Waals surface area contributed by atoms with Crippen LogP contribution in [0.4, 0.5) is 11.4 Å². The monoisotopic (exact) mass is 290 g/mol. The molecule has 0 saturated carbocycles. The minimum Gasteiger partial charge on any atom is -0.381 e. The largest absolute Gasteiger partial charge is 0.381 e. The van der Waals surface area contributed by atoms with Crippen LogP contribution in [0.1, 0.15) is 33.1 Å². The van der Waals surface area contributed by atoms with Gasteiger partial charge in [-0.05, 0) is 48.6 Å². The maximum atomic E-state index is 3.75. The second-order valence-electron chi connectivity index (χ2n) is 6.97. The Labute approximate surface area is 127 Å². The van der Waals surface area contributed by atoms with E-state index in [1.165, 1.54) is 55.2 Å². The highest BCUT2D eigenvalue weighted by Crippen LogP contribution is 2.35. The lowest BCUT2D eigenvalue weighted by atomic mass is 9.88. The molecule has 3 rings (SSSR count). The van der Waals surface area contributed by atoms with Gasteiger partial charge < -0.3 is 10.2 Å². The Hall–Kier alpha value is -0.830. The lowest BCUT2D eigenvalue weighted by Crippen LogP contribution is -2.35. The number of benzene rings is 1. The van der Waals surface area contributed by atoms with E-state index in [-0.39, 0.29) is 0 Å². The molecular weight excluding hydrogens is 264 g/mol. The van der Waals surface area contributed by atoms with Crippen LogP contribution < -0.4 is 10.2 Å². The van der Waals surface area contributed by atoms with Crippen LogP contribution >= 0.6 is 11.8 Å². The first kappa shape index (κ1) is 14.1. The molecule has 2 nitrogen and oxygen atoms in total. The standard InChI is InChI=1S/C17H26N2S/c1-17(2)11-15(12-20-13-17)18-14-6-5-7-16(10-14)19-8-3-4-9-19/h5-7,10,15,18H,3-4,8-9,11-13H2,1-2H3. The highest BCUT2D eigenvalue weighted by molar-refractivity contribution is 7.99. The van der Waals surface area contributed by atoms with Crippen molar-refractivity contribution >= 4 is 23.1 Å². The molecule has 0 amide bonds. The van der Waals surface area contributed by atoms with Crippen molar-refractivity contribution in [2.75, 3.05) is 34.8 Å². The highest BCUT2D eigenvalue weighted by atomic mass is 32.2. The maximum absolute atomic E-state index is 3.75. The normalized spacial score (nSPS) is 25.7. The lowest BCUT2D eigenvalue weighted by molar-refractivity contribution is 0.358. The zero-order valence-corrected chi connectivity index (χ0v) is 13.5. The average Bonchev–Trinajstić information content (AvgIpc) is 2.91. The number of nitrogens with one attached hydrogen (secondary N) is 1. The van der Waals surface area contributed by atoms with Gasteiger partial charge in [0.05, 0.1) is 0 Å². The van der Waals surface area contributed by atoms with Gasteiger partial charge in [-0.25, -0.2) is 0 Å². The predicted octanol–water partition coefficient (Wildman–Crippen LogP) is 4.23. The van der Waals surface area contributed by atoms with Gasteiger partial charge in [0.1, 0.15) is 0 Å². The van der Waals surface area contributed by atoms with Gasteiger partial charge in [0.25, 0.3) is 0 Å². The van der Waals surface area contributed by atoms with Crippen LogP contribution in [0.15, 0.2) is 24.3 Å². The van der Waals surface area contributed by atoms with E-state index >= 15 is 0 Å². The number of hydrogen-bond acceptors (Lipinski definition) is 3. The van der Waals surface area contributed by atoms with Crippen LogP contribution in [0.2, 0.25) is 0 Å². The Morgan fingerprint density at radius 3 is 2.80 bits per heavy atom. The summed E-state index contributed by atoms with van der Waals surface area (Å²) in [6.45, 7) is 7.20. The van der Waals surface area contributed by atoms with Crippen molar-refractivity contribution < 1.29 is 0 Å². The van der Waals surface area contributed by atoms with Crippen LogP contribution in [0.25, 0.3) is 0 Å². The summed E-state index contributed by atoms with van der Waals surface area (Å²) in [4.78, 5) is 2.50. The lowest BCUT2D eigenvalue weighted by Gasteiger charge is -2.35. The Balaban J connectivity index is 1.66. The molecule has 2 heterocycles. The second-order valence-corrected chi connectivity index (χ2v) is 8.00. The van der Waals surface area contributed by atoms with E-state index in [0.717, 1.165) is 0 Å². The van der Waals surface area contributed by atoms with E-state index in [1.807, 2.05) is 0 Å². The molecule has 1 aromatic rings. The van der Waals surface area contributed by atoms with E-state index in [0.29, 0.717) is 11.5 Å². The van der Waals surface area contributed by atoms with Gasteiger partial charge in [0, 0.05) is 36.3 Å². The van der Waals surface area contributed by atoms with Crippen LogP contribution in [-0.2, 0) is 0 Å². The molecule has 0 spiro atoms. The van der Waals surface area contributed by atoms with E-state index in [4.69, 9.17) is 0 Å². The molecule has 1 aromatic carbocycles. The van der Waals surface area contributed by atoms with E-state index < -0.39 is 0 Å². The van der Waals surface area contributed by atoms with Crippen molar-refractivity contribution in [3.63, 3.8) is 0 Å². The van der Waals surface area contributed by atoms with E-state index in [2.05, 4.69) is 60.1 Å². The van der Waals surface area contributed by atoms with Gasteiger partial charge in [-0.3, -0.25) is 0 Å². The zero-order chi connectivity index (χ0) is 14.0. The summed E-state index contributed by atoms with van der Waals surface area (Å²) in [5, 5.41) is 3.75. The van der Waals surface area contributed by atoms with Crippen LogP contribution in [0, 0.1) is 5.41 Å². The predicted molar refractivity (Wildman–Crippen MR) is 91.0 cm³/mol. The van der Waals surface area contributed by atoms with Gasteiger partial charge in [-0.2, -0.15) is 11.8 Å². The van der Waals surface area contributed by atoms with Gasteiger partial charge in [0.2, 0.25) is 0 Å². The maximum Gasteiger partial charge on any atom is 0.0386 e. The number of rotatable bonds is 3. The SMILES string of the molecule is CC1(C)CSCC(Nc2cccc(N3CCCC3)c2)C1. The van der Waals surface area contributed by atoms with Crippen molar-refractivity contribution in [2.24, 2.45) is 5.41 Å². The molecule has 20 heavy (non-hydrogen) atoms. The highest BCUT2D eigenvalue weighted by Gasteiger charge is 2.28. The summed E-state index contributed by atoms with van der Waals surface area (Å²) in [5.74, 6) is 2.52. The molecule has 2 aliphatic rings. The summed E-state index contributed by atoms with van der Waals surface area (Å²) in [5.41, 5.74) is 3.14. The van der Waals surface area contributed by atoms with Crippen molar-refractivity contribution in [3.05, 3.63) is 24.3 Å². The molecule has 110 valence electrons. The molecule has 0 aliphatic carbocycles. The minimum absolute atomic E-state index is 0.465. The zero-order valence-electron chi connectivity index (χ0n) is 12.7. The van der Waals surface area contributed by atoms with Crippen molar-refractivity contribution in [3.8, 4) is 0 Å². The number of nitrogens with zero attached hydrogens (tertiary/aromatic N) is 1. The summed E-state index contributed by atoms with van der Waals surface area (Å²) in [6.07, 6.45) is 3.95. The topological polar surface area (TPSA) is 15.3 Å². The van der Waals surface area contributed by atoms with Gasteiger partial charge in [-0.15, -0.1) is 0 Å². The molecule has 0 radical (unpaired) electrons. The van der Waals surface area contributed by atoms with Crippen molar-refractivity contribution in [1.82, 2.24) is 0 Å². The van der Waals surface area contributed by atoms with Crippen LogP contribution in [-0.4, -0.2) is 30.6 Å². The Morgan fingerprint density at radius 2 is 2.05 bits per heavy atom. The summed E-state index contributed by atoms with van der Waals surface area (Å²) < 4.78 is 0. The van der Waals surface area contributed by atoms with Gasteiger partial charge in [0.15, 0.2) is 0 Å². The average molecular weight is 290 g/mol. The third-order valence-corrected chi connectivity index (χ3v) is 5.92. The Morgan fingerprint density at radius 1 is 1.25 bits per heavy atom. The molecule has 2 saturated heterocycles. The molecular formula is C17H26N2S. The number of anilines is 2. The quantitative estimate of drug-likeness (QED) is 0.897. The minimum atomic E-state index is 0.465. The third kappa shape index (κ3) is 3.43. The first-order valence-corrected chi connectivity index (χ1v) is 8.97. The smallest absolute Gasteiger partial charge is 0.0386 e. The number of hydrogen-bond donors (Lipinski definition) is 1.